The summed E-state index contributed by atoms with van der Waals surface area (Å²) in [6.07, 6.45) is 2.94. The summed E-state index contributed by atoms with van der Waals surface area (Å²) in [6, 6.07) is 7.79. The van der Waals surface area contributed by atoms with E-state index < -0.39 is 18.3 Å². The van der Waals surface area contributed by atoms with Gasteiger partial charge in [-0.1, -0.05) is 11.6 Å². The van der Waals surface area contributed by atoms with Gasteiger partial charge in [0.05, 0.1) is 22.5 Å². The molecule has 0 saturated carbocycles. The fraction of sp³-hybridized carbons (Fsp3) is 0.379. The van der Waals surface area contributed by atoms with Crippen LogP contribution in [0.4, 0.5) is 18.9 Å². The van der Waals surface area contributed by atoms with Crippen molar-refractivity contribution in [2.75, 3.05) is 44.6 Å². The van der Waals surface area contributed by atoms with E-state index in [-0.39, 0.29) is 51.1 Å². The standard InChI is InChI=1S/C29H30ClF3N6O4/c1-37-24(21-5-3-19(15-23(21)31)43-29(32)33)16-35-25(37)26(40)36-18-2-4-20(22(30)14-18)28(42)39-12-10-38(11-13-39)27(41)17-6-8-34-9-7-17/h2-5,14-17,29,34H,6-13H2,1H3,(H,36,40). The van der Waals surface area contributed by atoms with Gasteiger partial charge in [-0.2, -0.15) is 8.78 Å². The average Bonchev–Trinajstić information content (AvgIpc) is 3.37. The summed E-state index contributed by atoms with van der Waals surface area (Å²) in [5.74, 6) is -1.91. The number of rotatable bonds is 7. The smallest absolute Gasteiger partial charge is 0.387 e. The minimum atomic E-state index is -3.09. The Balaban J connectivity index is 1.20. The number of hydrogen-bond acceptors (Lipinski definition) is 6. The molecule has 2 saturated heterocycles. The van der Waals surface area contributed by atoms with Crippen LogP contribution in [0, 0.1) is 11.7 Å². The zero-order chi connectivity index (χ0) is 30.7. The maximum Gasteiger partial charge on any atom is 0.387 e. The Morgan fingerprint density at radius 2 is 1.74 bits per heavy atom. The molecule has 0 atom stereocenters. The SMILES string of the molecule is Cn1c(-c2ccc(OC(F)F)cc2F)cnc1C(=O)Nc1ccc(C(=O)N2CCN(C(=O)C3CCNCC3)CC2)c(Cl)c1. The second-order valence-electron chi connectivity index (χ2n) is 10.3. The molecule has 228 valence electrons. The van der Waals surface area contributed by atoms with Crippen molar-refractivity contribution in [2.45, 2.75) is 19.5 Å². The number of aromatic nitrogens is 2. The summed E-state index contributed by atoms with van der Waals surface area (Å²) in [7, 11) is 1.51. The fourth-order valence-corrected chi connectivity index (χ4v) is 5.59. The molecule has 3 aromatic rings. The molecule has 0 radical (unpaired) electrons. The van der Waals surface area contributed by atoms with Crippen molar-refractivity contribution in [3.8, 4) is 17.0 Å². The number of ether oxygens (including phenoxy) is 1. The quantitative estimate of drug-likeness (QED) is 0.414. The highest BCUT2D eigenvalue weighted by Crippen LogP contribution is 2.28. The fourth-order valence-electron chi connectivity index (χ4n) is 5.33. The van der Waals surface area contributed by atoms with Crippen LogP contribution in [0.3, 0.4) is 0 Å². The molecule has 3 amide bonds. The van der Waals surface area contributed by atoms with Crippen LogP contribution in [0.2, 0.25) is 5.02 Å². The lowest BCUT2D eigenvalue weighted by Gasteiger charge is -2.37. The summed E-state index contributed by atoms with van der Waals surface area (Å²) < 4.78 is 45.0. The molecule has 0 spiro atoms. The molecule has 0 aliphatic carbocycles. The minimum absolute atomic E-state index is 0.0286. The average molecular weight is 619 g/mol. The van der Waals surface area contributed by atoms with E-state index in [2.05, 4.69) is 20.4 Å². The van der Waals surface area contributed by atoms with Crippen molar-refractivity contribution in [3.05, 3.63) is 64.8 Å². The molecular formula is C29H30ClF3N6O4. The largest absolute Gasteiger partial charge is 0.435 e. The Morgan fingerprint density at radius 1 is 1.05 bits per heavy atom. The van der Waals surface area contributed by atoms with E-state index in [1.165, 1.54) is 42.1 Å². The molecular weight excluding hydrogens is 589 g/mol. The van der Waals surface area contributed by atoms with E-state index in [1.807, 2.05) is 4.90 Å². The summed E-state index contributed by atoms with van der Waals surface area (Å²) in [6.45, 7) is 0.305. The summed E-state index contributed by atoms with van der Waals surface area (Å²) >= 11 is 6.44. The number of imidazole rings is 1. The Labute approximate surface area is 250 Å². The maximum atomic E-state index is 14.6. The molecule has 10 nitrogen and oxygen atoms in total. The topological polar surface area (TPSA) is 109 Å². The number of nitrogens with zero attached hydrogens (tertiary/aromatic N) is 4. The first-order valence-corrected chi connectivity index (χ1v) is 14.2. The maximum absolute atomic E-state index is 14.6. The molecule has 2 fully saturated rings. The molecule has 2 aromatic carbocycles. The lowest BCUT2D eigenvalue weighted by atomic mass is 9.96. The van der Waals surface area contributed by atoms with Crippen LogP contribution in [0.15, 0.2) is 42.6 Å². The molecule has 3 heterocycles. The van der Waals surface area contributed by atoms with Crippen LogP contribution >= 0.6 is 11.6 Å². The highest BCUT2D eigenvalue weighted by Gasteiger charge is 2.30. The third-order valence-electron chi connectivity index (χ3n) is 7.66. The molecule has 2 N–H and O–H groups in total. The Kier molecular flexibility index (Phi) is 9.21. The van der Waals surface area contributed by atoms with Crippen LogP contribution < -0.4 is 15.4 Å². The van der Waals surface area contributed by atoms with Crippen LogP contribution in [-0.4, -0.2) is 83.0 Å². The first-order chi connectivity index (χ1) is 20.6. The van der Waals surface area contributed by atoms with E-state index in [1.54, 1.807) is 11.0 Å². The second-order valence-corrected chi connectivity index (χ2v) is 10.7. The monoisotopic (exact) mass is 618 g/mol. The number of anilines is 1. The van der Waals surface area contributed by atoms with Crippen molar-refractivity contribution in [2.24, 2.45) is 13.0 Å². The lowest BCUT2D eigenvalue weighted by Crippen LogP contribution is -2.52. The zero-order valence-corrected chi connectivity index (χ0v) is 24.0. The minimum Gasteiger partial charge on any atom is -0.435 e. The number of piperidine rings is 1. The summed E-state index contributed by atoms with van der Waals surface area (Å²) in [5.41, 5.74) is 0.862. The number of benzene rings is 2. The number of halogens is 4. The zero-order valence-electron chi connectivity index (χ0n) is 23.3. The predicted octanol–water partition coefficient (Wildman–Crippen LogP) is 4.02. The van der Waals surface area contributed by atoms with Gasteiger partial charge in [0.25, 0.3) is 11.8 Å². The van der Waals surface area contributed by atoms with Crippen LogP contribution in [0.5, 0.6) is 5.75 Å². The molecule has 43 heavy (non-hydrogen) atoms. The first kappa shape index (κ1) is 30.4. The highest BCUT2D eigenvalue weighted by molar-refractivity contribution is 6.34. The van der Waals surface area contributed by atoms with Crippen molar-refractivity contribution in [3.63, 3.8) is 0 Å². The molecule has 5 rings (SSSR count). The number of hydrogen-bond donors (Lipinski definition) is 2. The van der Waals surface area contributed by atoms with Gasteiger partial charge >= 0.3 is 6.61 Å². The van der Waals surface area contributed by atoms with Crippen LogP contribution in [-0.2, 0) is 11.8 Å². The van der Waals surface area contributed by atoms with E-state index in [0.29, 0.717) is 31.9 Å². The number of piperazine rings is 1. The first-order valence-electron chi connectivity index (χ1n) is 13.8. The molecule has 2 aliphatic rings. The molecule has 2 aliphatic heterocycles. The van der Waals surface area contributed by atoms with Gasteiger partial charge in [0.1, 0.15) is 11.6 Å². The third kappa shape index (κ3) is 6.78. The third-order valence-corrected chi connectivity index (χ3v) is 7.97. The van der Waals surface area contributed by atoms with Gasteiger partial charge in [0.2, 0.25) is 5.91 Å². The van der Waals surface area contributed by atoms with E-state index in [9.17, 15) is 27.6 Å². The number of carbonyl (C=O) groups is 3. The molecule has 14 heteroatoms. The van der Waals surface area contributed by atoms with Crippen LogP contribution in [0.25, 0.3) is 11.3 Å². The Hall–Kier alpha value is -4.10. The highest BCUT2D eigenvalue weighted by atomic mass is 35.5. The van der Waals surface area contributed by atoms with Gasteiger partial charge in [-0.05, 0) is 56.3 Å². The number of alkyl halides is 2. The molecule has 0 bridgehead atoms. The lowest BCUT2D eigenvalue weighted by molar-refractivity contribution is -0.137. The summed E-state index contributed by atoms with van der Waals surface area (Å²) in [4.78, 5) is 46.6. The van der Waals surface area contributed by atoms with E-state index in [4.69, 9.17) is 11.6 Å². The van der Waals surface area contributed by atoms with Crippen molar-refractivity contribution in [1.29, 1.82) is 0 Å². The Bertz CT molecular complexity index is 1520. The van der Waals surface area contributed by atoms with E-state index >= 15 is 0 Å². The number of nitrogens with one attached hydrogen (secondary N) is 2. The number of amides is 3. The van der Waals surface area contributed by atoms with Gasteiger partial charge in [-0.3, -0.25) is 14.4 Å². The van der Waals surface area contributed by atoms with Gasteiger partial charge in [0, 0.05) is 56.5 Å². The molecule has 0 unspecified atom stereocenters. The molecule has 1 aromatic heterocycles. The Morgan fingerprint density at radius 3 is 2.40 bits per heavy atom. The van der Waals surface area contributed by atoms with Crippen molar-refractivity contribution in [1.82, 2.24) is 24.7 Å². The van der Waals surface area contributed by atoms with E-state index in [0.717, 1.165) is 32.0 Å². The van der Waals surface area contributed by atoms with Gasteiger partial charge in [-0.25, -0.2) is 9.37 Å². The summed E-state index contributed by atoms with van der Waals surface area (Å²) in [5, 5.41) is 6.07. The van der Waals surface area contributed by atoms with Crippen molar-refractivity contribution >= 4 is 35.0 Å². The normalized spacial score (nSPS) is 16.0. The van der Waals surface area contributed by atoms with Crippen LogP contribution in [0.1, 0.15) is 33.8 Å². The predicted molar refractivity (Wildman–Crippen MR) is 153 cm³/mol. The second kappa shape index (κ2) is 13.0. The number of carbonyl (C=O) groups excluding carboxylic acids is 3. The van der Waals surface area contributed by atoms with Gasteiger partial charge in [0.15, 0.2) is 5.82 Å². The van der Waals surface area contributed by atoms with Crippen molar-refractivity contribution < 1.29 is 32.3 Å². The van der Waals surface area contributed by atoms with Gasteiger partial charge < -0.3 is 29.7 Å². The van der Waals surface area contributed by atoms with Gasteiger partial charge in [-0.15, -0.1) is 0 Å².